The van der Waals surface area contributed by atoms with Crippen molar-refractivity contribution in [3.8, 4) is 0 Å². The van der Waals surface area contributed by atoms with Gasteiger partial charge in [0.25, 0.3) is 0 Å². The van der Waals surface area contributed by atoms with Gasteiger partial charge in [0.05, 0.1) is 5.39 Å². The molecule has 2 aromatic rings. The number of ketones is 1. The maximum absolute atomic E-state index is 13.3. The lowest BCUT2D eigenvalue weighted by atomic mass is 9.90. The van der Waals surface area contributed by atoms with E-state index in [1.165, 1.54) is 71.1 Å². The van der Waals surface area contributed by atoms with Gasteiger partial charge in [0, 0.05) is 39.6 Å². The van der Waals surface area contributed by atoms with Gasteiger partial charge in [-0.3, -0.25) is 4.79 Å². The highest BCUT2D eigenvalue weighted by molar-refractivity contribution is 6.05. The predicted molar refractivity (Wildman–Crippen MR) is 138 cm³/mol. The summed E-state index contributed by atoms with van der Waals surface area (Å²) in [7, 11) is 1.92. The van der Waals surface area contributed by atoms with E-state index in [2.05, 4.69) is 31.9 Å². The minimum atomic E-state index is 0.182. The van der Waals surface area contributed by atoms with Gasteiger partial charge in [0.2, 0.25) is 0 Å². The molecule has 0 spiro atoms. The predicted octanol–water partition coefficient (Wildman–Crippen LogP) is 4.12. The van der Waals surface area contributed by atoms with Crippen molar-refractivity contribution in [2.24, 2.45) is 13.0 Å². The normalized spacial score (nSPS) is 21.7. The van der Waals surface area contributed by atoms with Crippen molar-refractivity contribution < 1.29 is 4.79 Å². The molecular formula is C27H42N6O. The molecule has 7 heteroatoms. The summed E-state index contributed by atoms with van der Waals surface area (Å²) in [5.41, 5.74) is 1.44. The molecule has 0 saturated carbocycles. The number of carbonyl (C=O) groups excluding carboxylic acids is 1. The Morgan fingerprint density at radius 1 is 0.853 bits per heavy atom. The van der Waals surface area contributed by atoms with Crippen molar-refractivity contribution in [2.75, 3.05) is 57.3 Å². The summed E-state index contributed by atoms with van der Waals surface area (Å²) in [5.74, 6) is 1.68. The molecule has 0 aromatic carbocycles. The quantitative estimate of drug-likeness (QED) is 0.572. The summed E-state index contributed by atoms with van der Waals surface area (Å²) < 4.78 is 1.80. The lowest BCUT2D eigenvalue weighted by Crippen LogP contribution is -2.39. The van der Waals surface area contributed by atoms with Crippen LogP contribution in [-0.2, 0) is 7.05 Å². The van der Waals surface area contributed by atoms with Gasteiger partial charge in [0.1, 0.15) is 11.5 Å². The fourth-order valence-electron chi connectivity index (χ4n) is 6.04. The third kappa shape index (κ3) is 5.62. The average molecular weight is 467 g/mol. The van der Waals surface area contributed by atoms with Crippen LogP contribution in [0.5, 0.6) is 0 Å². The Morgan fingerprint density at radius 2 is 1.47 bits per heavy atom. The van der Waals surface area contributed by atoms with Crippen molar-refractivity contribution in [3.63, 3.8) is 0 Å². The molecule has 34 heavy (non-hydrogen) atoms. The third-order valence-electron chi connectivity index (χ3n) is 8.23. The number of pyridine rings is 1. The standard InChI is InChI=1S/C27H42N6O/c1-30-27-23(9-10-25(28-27)33-15-5-3-2-4-6-16-33)26(29-30)24(34)21-22-11-17-32(18-12-22)20-19-31-13-7-8-14-31/h9-10,22H,2-8,11-21H2,1H3. The van der Waals surface area contributed by atoms with E-state index >= 15 is 0 Å². The number of hydrogen-bond donors (Lipinski definition) is 0. The molecule has 7 nitrogen and oxygen atoms in total. The molecule has 3 fully saturated rings. The van der Waals surface area contributed by atoms with Gasteiger partial charge >= 0.3 is 0 Å². The van der Waals surface area contributed by atoms with E-state index in [-0.39, 0.29) is 5.78 Å². The SMILES string of the molecule is Cn1nc(C(=O)CC2CCN(CCN3CCCC3)CC2)c2ccc(N3CCCCCCC3)nc21. The molecule has 3 aliphatic heterocycles. The lowest BCUT2D eigenvalue weighted by Gasteiger charge is -2.32. The molecule has 3 saturated heterocycles. The summed E-state index contributed by atoms with van der Waals surface area (Å²) in [6, 6.07) is 4.18. The van der Waals surface area contributed by atoms with Crippen molar-refractivity contribution in [2.45, 2.75) is 64.2 Å². The summed E-state index contributed by atoms with van der Waals surface area (Å²) in [5, 5.41) is 5.54. The highest BCUT2D eigenvalue weighted by atomic mass is 16.1. The largest absolute Gasteiger partial charge is 0.357 e. The molecule has 0 aliphatic carbocycles. The van der Waals surface area contributed by atoms with E-state index in [9.17, 15) is 4.79 Å². The molecule has 3 aliphatic rings. The maximum atomic E-state index is 13.3. The van der Waals surface area contributed by atoms with Crippen LogP contribution < -0.4 is 4.90 Å². The van der Waals surface area contributed by atoms with Crippen molar-refractivity contribution >= 4 is 22.6 Å². The van der Waals surface area contributed by atoms with Crippen LogP contribution in [0.4, 0.5) is 5.82 Å². The molecule has 0 amide bonds. The fraction of sp³-hybridized carbons (Fsp3) is 0.741. The van der Waals surface area contributed by atoms with E-state index in [0.29, 0.717) is 18.0 Å². The zero-order chi connectivity index (χ0) is 23.3. The lowest BCUT2D eigenvalue weighted by molar-refractivity contribution is 0.0919. The number of Topliss-reactive ketones (excluding diaryl/α,β-unsaturated/α-hetero) is 1. The zero-order valence-corrected chi connectivity index (χ0v) is 21.1. The average Bonchev–Trinajstić information content (AvgIpc) is 3.46. The number of nitrogens with zero attached hydrogens (tertiary/aromatic N) is 6. The Hall–Kier alpha value is -1.99. The van der Waals surface area contributed by atoms with Gasteiger partial charge in [-0.2, -0.15) is 5.10 Å². The van der Waals surface area contributed by atoms with Crippen LogP contribution in [0.25, 0.3) is 11.0 Å². The van der Waals surface area contributed by atoms with E-state index in [1.807, 2.05) is 7.05 Å². The van der Waals surface area contributed by atoms with Gasteiger partial charge in [-0.25, -0.2) is 9.67 Å². The molecule has 0 radical (unpaired) electrons. The molecule has 0 atom stereocenters. The Labute approximate surface area is 204 Å². The number of carbonyl (C=O) groups is 1. The van der Waals surface area contributed by atoms with E-state index in [0.717, 1.165) is 55.9 Å². The molecule has 0 N–H and O–H groups in total. The Kier molecular flexibility index (Phi) is 7.80. The second-order valence-electron chi connectivity index (χ2n) is 10.7. The van der Waals surface area contributed by atoms with Crippen LogP contribution in [0.15, 0.2) is 12.1 Å². The molecule has 0 bridgehead atoms. The summed E-state index contributed by atoms with van der Waals surface area (Å²) >= 11 is 0. The molecule has 5 heterocycles. The first-order chi connectivity index (χ1) is 16.7. The highest BCUT2D eigenvalue weighted by Crippen LogP contribution is 2.27. The first-order valence-electron chi connectivity index (χ1n) is 13.7. The highest BCUT2D eigenvalue weighted by Gasteiger charge is 2.25. The summed E-state index contributed by atoms with van der Waals surface area (Å²) in [6.45, 7) is 9.31. The van der Waals surface area contributed by atoms with E-state index < -0.39 is 0 Å². The molecular weight excluding hydrogens is 424 g/mol. The minimum absolute atomic E-state index is 0.182. The Morgan fingerprint density at radius 3 is 2.18 bits per heavy atom. The number of aromatic nitrogens is 3. The molecule has 0 unspecified atom stereocenters. The topological polar surface area (TPSA) is 57.5 Å². The van der Waals surface area contributed by atoms with Gasteiger partial charge in [-0.05, 0) is 82.8 Å². The zero-order valence-electron chi connectivity index (χ0n) is 21.1. The van der Waals surface area contributed by atoms with Crippen LogP contribution in [0, 0.1) is 5.92 Å². The number of anilines is 1. The smallest absolute Gasteiger partial charge is 0.184 e. The van der Waals surface area contributed by atoms with Crippen LogP contribution >= 0.6 is 0 Å². The number of likely N-dealkylation sites (tertiary alicyclic amines) is 2. The van der Waals surface area contributed by atoms with Gasteiger partial charge in [-0.1, -0.05) is 19.3 Å². The monoisotopic (exact) mass is 466 g/mol. The van der Waals surface area contributed by atoms with E-state index in [1.54, 1.807) is 4.68 Å². The van der Waals surface area contributed by atoms with Gasteiger partial charge in [0.15, 0.2) is 11.4 Å². The van der Waals surface area contributed by atoms with Crippen molar-refractivity contribution in [1.29, 1.82) is 0 Å². The van der Waals surface area contributed by atoms with Crippen LogP contribution in [0.1, 0.15) is 74.7 Å². The molecule has 5 rings (SSSR count). The molecule has 186 valence electrons. The van der Waals surface area contributed by atoms with E-state index in [4.69, 9.17) is 4.98 Å². The first-order valence-corrected chi connectivity index (χ1v) is 13.7. The number of piperidine rings is 1. The summed E-state index contributed by atoms with van der Waals surface area (Å²) in [6.07, 6.45) is 12.0. The Balaban J connectivity index is 1.18. The van der Waals surface area contributed by atoms with Crippen molar-refractivity contribution in [3.05, 3.63) is 17.8 Å². The van der Waals surface area contributed by atoms with Gasteiger partial charge < -0.3 is 14.7 Å². The third-order valence-corrected chi connectivity index (χ3v) is 8.23. The fourth-order valence-corrected chi connectivity index (χ4v) is 6.04. The second kappa shape index (κ2) is 11.2. The van der Waals surface area contributed by atoms with Gasteiger partial charge in [-0.15, -0.1) is 0 Å². The van der Waals surface area contributed by atoms with Crippen LogP contribution in [-0.4, -0.2) is 82.7 Å². The number of fused-ring (bicyclic) bond motifs is 1. The Bertz CT molecular complexity index is 949. The molecule has 2 aromatic heterocycles. The summed E-state index contributed by atoms with van der Waals surface area (Å²) in [4.78, 5) is 25.8. The first kappa shape index (κ1) is 23.7. The number of aryl methyl sites for hydroxylation is 1. The van der Waals surface area contributed by atoms with Crippen molar-refractivity contribution in [1.82, 2.24) is 24.6 Å². The van der Waals surface area contributed by atoms with Crippen LogP contribution in [0.2, 0.25) is 0 Å². The van der Waals surface area contributed by atoms with Crippen LogP contribution in [0.3, 0.4) is 0 Å². The second-order valence-corrected chi connectivity index (χ2v) is 10.7. The maximum Gasteiger partial charge on any atom is 0.184 e. The minimum Gasteiger partial charge on any atom is -0.357 e. The number of hydrogen-bond acceptors (Lipinski definition) is 6. The number of rotatable bonds is 7.